The lowest BCUT2D eigenvalue weighted by Crippen LogP contribution is -2.56. The molecule has 3 heterocycles. The fourth-order valence-corrected chi connectivity index (χ4v) is 6.33. The number of pyridine rings is 1. The third-order valence-corrected chi connectivity index (χ3v) is 8.97. The Morgan fingerprint density at radius 2 is 1.69 bits per heavy atom. The van der Waals surface area contributed by atoms with Gasteiger partial charge in [-0.25, -0.2) is 9.78 Å². The zero-order chi connectivity index (χ0) is 35.2. The van der Waals surface area contributed by atoms with Crippen LogP contribution in [0.3, 0.4) is 0 Å². The standard InChI is InChI=1S/C34H44N6O9/c1-4-48-34(47)39-14-12-38(13-15-39)33(46)23(9-10-29(42)43)37-31(44)25-18-27(30-21(3)16-20(2)17-24(30)36-25)49-19-28(41)40-11-5-6-26(40)32(45)35-22-7-8-22/h16-18,22-23,26H,4-15,19H2,1-3H3,(H,35,45)(H,37,44)(H,42,43). The topological polar surface area (TPSA) is 188 Å². The lowest BCUT2D eigenvalue weighted by Gasteiger charge is -2.35. The number of aryl methyl sites for hydroxylation is 2. The molecule has 2 saturated heterocycles. The van der Waals surface area contributed by atoms with E-state index in [4.69, 9.17) is 9.47 Å². The van der Waals surface area contributed by atoms with E-state index >= 15 is 0 Å². The van der Waals surface area contributed by atoms with E-state index in [2.05, 4.69) is 15.6 Å². The van der Waals surface area contributed by atoms with Crippen molar-refractivity contribution in [3.63, 3.8) is 0 Å². The summed E-state index contributed by atoms with van der Waals surface area (Å²) in [6, 6.07) is 3.58. The molecule has 1 aromatic carbocycles. The molecule has 49 heavy (non-hydrogen) atoms. The first kappa shape index (κ1) is 35.4. The fourth-order valence-electron chi connectivity index (χ4n) is 6.33. The molecular formula is C34H44N6O9. The van der Waals surface area contributed by atoms with Gasteiger partial charge >= 0.3 is 12.1 Å². The second-order valence-electron chi connectivity index (χ2n) is 12.8. The van der Waals surface area contributed by atoms with Crippen LogP contribution in [-0.4, -0.2) is 125 Å². The lowest BCUT2D eigenvalue weighted by atomic mass is 10.0. The molecule has 2 unspecified atom stereocenters. The van der Waals surface area contributed by atoms with Crippen molar-refractivity contribution in [3.05, 3.63) is 35.0 Å². The number of carboxylic acid groups (broad SMARTS) is 1. The number of benzene rings is 1. The predicted molar refractivity (Wildman–Crippen MR) is 176 cm³/mol. The number of nitrogens with one attached hydrogen (secondary N) is 2. The van der Waals surface area contributed by atoms with Crippen LogP contribution in [0.5, 0.6) is 5.75 Å². The normalized spacial score (nSPS) is 18.2. The monoisotopic (exact) mass is 680 g/mol. The van der Waals surface area contributed by atoms with Crippen LogP contribution in [0.4, 0.5) is 4.79 Å². The van der Waals surface area contributed by atoms with Gasteiger partial charge in [-0.15, -0.1) is 0 Å². The number of aliphatic carboxylic acids is 1. The molecule has 15 heteroatoms. The summed E-state index contributed by atoms with van der Waals surface area (Å²) in [4.78, 5) is 85.9. The Bertz CT molecular complexity index is 1620. The second-order valence-corrected chi connectivity index (χ2v) is 12.8. The molecule has 1 aromatic heterocycles. The maximum absolute atomic E-state index is 13.7. The van der Waals surface area contributed by atoms with Crippen molar-refractivity contribution in [2.45, 2.75) is 77.4 Å². The summed E-state index contributed by atoms with van der Waals surface area (Å²) in [5.41, 5.74) is 2.06. The van der Waals surface area contributed by atoms with Crippen LogP contribution in [0.2, 0.25) is 0 Å². The molecule has 1 saturated carbocycles. The van der Waals surface area contributed by atoms with Gasteiger partial charge in [0.25, 0.3) is 11.8 Å². The maximum Gasteiger partial charge on any atom is 0.409 e. The van der Waals surface area contributed by atoms with Gasteiger partial charge in [0.1, 0.15) is 23.5 Å². The van der Waals surface area contributed by atoms with Gasteiger partial charge in [-0.2, -0.15) is 0 Å². The minimum Gasteiger partial charge on any atom is -0.483 e. The molecule has 3 fully saturated rings. The van der Waals surface area contributed by atoms with E-state index in [0.29, 0.717) is 30.3 Å². The first-order valence-electron chi connectivity index (χ1n) is 16.8. The molecule has 0 spiro atoms. The highest BCUT2D eigenvalue weighted by molar-refractivity contribution is 6.00. The molecule has 2 atom stereocenters. The summed E-state index contributed by atoms with van der Waals surface area (Å²) in [5, 5.41) is 15.6. The maximum atomic E-state index is 13.7. The number of hydrogen-bond acceptors (Lipinski definition) is 9. The quantitative estimate of drug-likeness (QED) is 0.298. The molecule has 264 valence electrons. The van der Waals surface area contributed by atoms with E-state index < -0.39 is 36.0 Å². The zero-order valence-electron chi connectivity index (χ0n) is 28.2. The molecule has 5 rings (SSSR count). The van der Waals surface area contributed by atoms with Crippen LogP contribution in [0.1, 0.15) is 67.1 Å². The van der Waals surface area contributed by atoms with E-state index in [1.165, 1.54) is 20.8 Å². The molecule has 3 aliphatic rings. The number of nitrogens with zero attached hydrogens (tertiary/aromatic N) is 4. The van der Waals surface area contributed by atoms with Crippen LogP contribution >= 0.6 is 0 Å². The molecule has 5 amide bonds. The number of likely N-dealkylation sites (tertiary alicyclic amines) is 1. The van der Waals surface area contributed by atoms with Crippen molar-refractivity contribution in [1.29, 1.82) is 0 Å². The summed E-state index contributed by atoms with van der Waals surface area (Å²) >= 11 is 0. The highest BCUT2D eigenvalue weighted by Gasteiger charge is 2.37. The van der Waals surface area contributed by atoms with E-state index in [0.717, 1.165) is 24.0 Å². The Kier molecular flexibility index (Phi) is 11.2. The van der Waals surface area contributed by atoms with Gasteiger partial charge in [0.05, 0.1) is 12.1 Å². The van der Waals surface area contributed by atoms with E-state index in [9.17, 15) is 33.9 Å². The number of ether oxygens (including phenoxy) is 2. The number of hydrogen-bond donors (Lipinski definition) is 3. The SMILES string of the molecule is CCOC(=O)N1CCN(C(=O)C(CCC(=O)O)NC(=O)c2cc(OCC(=O)N3CCCC3C(=O)NC3CC3)c3c(C)cc(C)cc3n2)CC1. The number of carbonyl (C=O) groups excluding carboxylic acids is 5. The molecule has 0 bridgehead atoms. The third-order valence-electron chi connectivity index (χ3n) is 8.97. The molecule has 3 N–H and O–H groups in total. The van der Waals surface area contributed by atoms with Gasteiger partial charge in [0.15, 0.2) is 6.61 Å². The number of rotatable bonds is 12. The molecule has 15 nitrogen and oxygen atoms in total. The van der Waals surface area contributed by atoms with Crippen LogP contribution < -0.4 is 15.4 Å². The summed E-state index contributed by atoms with van der Waals surface area (Å²) in [6.07, 6.45) is 2.18. The second kappa shape index (κ2) is 15.5. The number of carbonyl (C=O) groups is 6. The summed E-state index contributed by atoms with van der Waals surface area (Å²) in [6.45, 7) is 6.61. The summed E-state index contributed by atoms with van der Waals surface area (Å²) in [5.74, 6) is -2.58. The van der Waals surface area contributed by atoms with Gasteiger partial charge in [-0.3, -0.25) is 24.0 Å². The first-order valence-corrected chi connectivity index (χ1v) is 16.8. The van der Waals surface area contributed by atoms with Gasteiger partial charge in [0.2, 0.25) is 11.8 Å². The van der Waals surface area contributed by atoms with Crippen molar-refractivity contribution in [3.8, 4) is 5.75 Å². The first-order chi connectivity index (χ1) is 23.4. The largest absolute Gasteiger partial charge is 0.483 e. The Morgan fingerprint density at radius 1 is 0.980 bits per heavy atom. The summed E-state index contributed by atoms with van der Waals surface area (Å²) in [7, 11) is 0. The van der Waals surface area contributed by atoms with Gasteiger partial charge in [0, 0.05) is 56.6 Å². The van der Waals surface area contributed by atoms with Crippen molar-refractivity contribution in [2.75, 3.05) is 45.9 Å². The van der Waals surface area contributed by atoms with Gasteiger partial charge < -0.3 is 39.9 Å². The number of fused-ring (bicyclic) bond motifs is 1. The Labute approximate surface area is 284 Å². The smallest absolute Gasteiger partial charge is 0.409 e. The average Bonchev–Trinajstić information content (AvgIpc) is 3.74. The number of aromatic nitrogens is 1. The predicted octanol–water partition coefficient (Wildman–Crippen LogP) is 1.76. The summed E-state index contributed by atoms with van der Waals surface area (Å²) < 4.78 is 11.1. The molecule has 0 radical (unpaired) electrons. The van der Waals surface area contributed by atoms with E-state index in [1.807, 2.05) is 19.9 Å². The highest BCUT2D eigenvalue weighted by Crippen LogP contribution is 2.31. The average molecular weight is 681 g/mol. The van der Waals surface area contributed by atoms with Crippen LogP contribution in [-0.2, 0) is 23.9 Å². The van der Waals surface area contributed by atoms with Gasteiger partial charge in [-0.05, 0) is 70.1 Å². The number of piperazine rings is 1. The molecular weight excluding hydrogens is 636 g/mol. The van der Waals surface area contributed by atoms with Crippen molar-refractivity contribution < 1.29 is 43.3 Å². The van der Waals surface area contributed by atoms with Crippen molar-refractivity contribution in [2.24, 2.45) is 0 Å². The fraction of sp³-hybridized carbons (Fsp3) is 0.559. The number of carboxylic acids is 1. The molecule has 2 aliphatic heterocycles. The van der Waals surface area contributed by atoms with E-state index in [-0.39, 0.29) is 81.5 Å². The minimum atomic E-state index is -1.17. The van der Waals surface area contributed by atoms with Gasteiger partial charge in [-0.1, -0.05) is 6.07 Å². The van der Waals surface area contributed by atoms with Crippen LogP contribution in [0.25, 0.3) is 10.9 Å². The zero-order valence-corrected chi connectivity index (χ0v) is 28.2. The van der Waals surface area contributed by atoms with Crippen LogP contribution in [0.15, 0.2) is 18.2 Å². The Balaban J connectivity index is 1.33. The molecule has 2 aromatic rings. The minimum absolute atomic E-state index is 0.0805. The van der Waals surface area contributed by atoms with Crippen molar-refractivity contribution >= 4 is 46.6 Å². The lowest BCUT2D eigenvalue weighted by molar-refractivity contribution is -0.140. The Hall–Kier alpha value is -4.95. The third kappa shape index (κ3) is 8.75. The molecule has 1 aliphatic carbocycles. The number of amides is 5. The van der Waals surface area contributed by atoms with E-state index in [1.54, 1.807) is 13.0 Å². The highest BCUT2D eigenvalue weighted by atomic mass is 16.6. The van der Waals surface area contributed by atoms with Crippen molar-refractivity contribution in [1.82, 2.24) is 30.3 Å². The van der Waals surface area contributed by atoms with Crippen LogP contribution in [0, 0.1) is 13.8 Å². The Morgan fingerprint density at radius 3 is 2.37 bits per heavy atom.